The van der Waals surface area contributed by atoms with Gasteiger partial charge in [-0.3, -0.25) is 4.79 Å². The molecule has 3 nitrogen and oxygen atoms in total. The molecule has 0 bridgehead atoms. The lowest BCUT2D eigenvalue weighted by Gasteiger charge is -2.37. The Labute approximate surface area is 138 Å². The monoisotopic (exact) mass is 308 g/mol. The number of hydrogen-bond donors (Lipinski definition) is 1. The van der Waals surface area contributed by atoms with Crippen LogP contribution in [0.15, 0.2) is 60.7 Å². The fourth-order valence-electron chi connectivity index (χ4n) is 4.00. The van der Waals surface area contributed by atoms with Gasteiger partial charge in [-0.1, -0.05) is 67.6 Å². The van der Waals surface area contributed by atoms with Crippen LogP contribution in [0.3, 0.4) is 0 Å². The van der Waals surface area contributed by atoms with Crippen molar-refractivity contribution in [3.8, 4) is 0 Å². The molecular formula is C20H24N2O. The number of nitrogens with two attached hydrogens (primary N) is 1. The molecule has 1 amide bonds. The third-order valence-electron chi connectivity index (χ3n) is 5.18. The van der Waals surface area contributed by atoms with Crippen molar-refractivity contribution in [3.05, 3.63) is 71.8 Å². The van der Waals surface area contributed by atoms with Crippen molar-refractivity contribution >= 4 is 5.91 Å². The van der Waals surface area contributed by atoms with Gasteiger partial charge < -0.3 is 10.6 Å². The van der Waals surface area contributed by atoms with Gasteiger partial charge in [-0.05, 0) is 36.6 Å². The van der Waals surface area contributed by atoms with E-state index < -0.39 is 5.41 Å². The molecule has 1 atom stereocenters. The smallest absolute Gasteiger partial charge is 0.232 e. The van der Waals surface area contributed by atoms with Crippen LogP contribution in [-0.4, -0.2) is 30.4 Å². The highest BCUT2D eigenvalue weighted by Gasteiger charge is 2.49. The van der Waals surface area contributed by atoms with Crippen LogP contribution in [0.4, 0.5) is 0 Å². The lowest BCUT2D eigenvalue weighted by Crippen LogP contribution is -2.49. The normalized spacial score (nSPS) is 18.9. The number of likely N-dealkylation sites (tertiary alicyclic amines) is 1. The van der Waals surface area contributed by atoms with E-state index in [0.29, 0.717) is 0 Å². The van der Waals surface area contributed by atoms with Gasteiger partial charge in [0.25, 0.3) is 0 Å². The quantitative estimate of drug-likeness (QED) is 0.923. The van der Waals surface area contributed by atoms with Gasteiger partial charge >= 0.3 is 0 Å². The molecule has 23 heavy (non-hydrogen) atoms. The SMILES string of the molecule is CCN1CC[C@@H](C(C(N)=O)(c2ccccc2)c2ccccc2)C1. The Morgan fingerprint density at radius 3 is 2.00 bits per heavy atom. The van der Waals surface area contributed by atoms with E-state index in [1.54, 1.807) is 0 Å². The predicted molar refractivity (Wildman–Crippen MR) is 93.1 cm³/mol. The highest BCUT2D eigenvalue weighted by molar-refractivity contribution is 5.91. The molecule has 0 saturated carbocycles. The minimum absolute atomic E-state index is 0.199. The molecule has 0 radical (unpaired) electrons. The van der Waals surface area contributed by atoms with Crippen LogP contribution in [-0.2, 0) is 10.2 Å². The summed E-state index contributed by atoms with van der Waals surface area (Å²) >= 11 is 0. The number of carbonyl (C=O) groups excluding carboxylic acids is 1. The summed E-state index contributed by atoms with van der Waals surface area (Å²) in [6.45, 7) is 5.10. The molecule has 0 aliphatic carbocycles. The second-order valence-electron chi connectivity index (χ2n) is 6.28. The Hall–Kier alpha value is -2.13. The van der Waals surface area contributed by atoms with Crippen LogP contribution in [0.25, 0.3) is 0 Å². The Bertz CT molecular complexity index is 614. The standard InChI is InChI=1S/C20H24N2O/c1-2-22-14-13-18(15-22)20(19(21)23,16-9-5-3-6-10-16)17-11-7-4-8-12-17/h3-12,18H,2,13-15H2,1H3,(H2,21,23)/t18-/m1/s1. The lowest BCUT2D eigenvalue weighted by molar-refractivity contribution is -0.123. The van der Waals surface area contributed by atoms with Crippen molar-refractivity contribution in [1.82, 2.24) is 4.90 Å². The summed E-state index contributed by atoms with van der Waals surface area (Å²) in [7, 11) is 0. The molecule has 1 saturated heterocycles. The van der Waals surface area contributed by atoms with Gasteiger partial charge in [-0.2, -0.15) is 0 Å². The molecule has 3 heteroatoms. The van der Waals surface area contributed by atoms with Crippen LogP contribution in [0.2, 0.25) is 0 Å². The van der Waals surface area contributed by atoms with E-state index >= 15 is 0 Å². The molecule has 120 valence electrons. The first-order chi connectivity index (χ1) is 11.2. The summed E-state index contributed by atoms with van der Waals surface area (Å²) in [6.07, 6.45) is 0.987. The molecule has 0 aromatic heterocycles. The van der Waals surface area contributed by atoms with Gasteiger partial charge in [0.15, 0.2) is 0 Å². The number of hydrogen-bond acceptors (Lipinski definition) is 2. The van der Waals surface area contributed by atoms with E-state index in [1.165, 1.54) is 0 Å². The number of nitrogens with zero attached hydrogens (tertiary/aromatic N) is 1. The Morgan fingerprint density at radius 1 is 1.09 bits per heavy atom. The van der Waals surface area contributed by atoms with E-state index in [1.807, 2.05) is 60.7 Å². The first-order valence-corrected chi connectivity index (χ1v) is 8.33. The maximum Gasteiger partial charge on any atom is 0.232 e. The van der Waals surface area contributed by atoms with Crippen molar-refractivity contribution in [2.75, 3.05) is 19.6 Å². The summed E-state index contributed by atoms with van der Waals surface area (Å²) < 4.78 is 0. The fraction of sp³-hybridized carbons (Fsp3) is 0.350. The molecule has 0 unspecified atom stereocenters. The lowest BCUT2D eigenvalue weighted by atomic mass is 9.64. The van der Waals surface area contributed by atoms with Crippen LogP contribution < -0.4 is 5.73 Å². The third-order valence-corrected chi connectivity index (χ3v) is 5.18. The Morgan fingerprint density at radius 2 is 1.61 bits per heavy atom. The van der Waals surface area contributed by atoms with Gasteiger partial charge in [-0.15, -0.1) is 0 Å². The first-order valence-electron chi connectivity index (χ1n) is 8.33. The zero-order valence-electron chi connectivity index (χ0n) is 13.6. The highest BCUT2D eigenvalue weighted by Crippen LogP contribution is 2.43. The molecule has 1 fully saturated rings. The van der Waals surface area contributed by atoms with Crippen molar-refractivity contribution in [2.45, 2.75) is 18.8 Å². The minimum Gasteiger partial charge on any atom is -0.369 e. The number of primary amides is 1. The van der Waals surface area contributed by atoms with Gasteiger partial charge in [0.05, 0.1) is 0 Å². The molecule has 2 aromatic carbocycles. The minimum atomic E-state index is -0.757. The zero-order chi connectivity index (χ0) is 16.3. The number of rotatable bonds is 5. The second kappa shape index (κ2) is 6.55. The molecule has 1 heterocycles. The van der Waals surface area contributed by atoms with E-state index in [4.69, 9.17) is 5.73 Å². The summed E-state index contributed by atoms with van der Waals surface area (Å²) in [5, 5.41) is 0. The van der Waals surface area contributed by atoms with E-state index in [9.17, 15) is 4.79 Å². The van der Waals surface area contributed by atoms with Crippen LogP contribution in [0.1, 0.15) is 24.5 Å². The van der Waals surface area contributed by atoms with E-state index in [2.05, 4.69) is 11.8 Å². The summed E-state index contributed by atoms with van der Waals surface area (Å²) in [5.41, 5.74) is 7.29. The highest BCUT2D eigenvalue weighted by atomic mass is 16.1. The fourth-order valence-corrected chi connectivity index (χ4v) is 4.00. The maximum atomic E-state index is 12.8. The maximum absolute atomic E-state index is 12.8. The van der Waals surface area contributed by atoms with Gasteiger partial charge in [0.1, 0.15) is 5.41 Å². The van der Waals surface area contributed by atoms with Gasteiger partial charge in [0, 0.05) is 6.54 Å². The third kappa shape index (κ3) is 2.66. The molecule has 1 aliphatic rings. The van der Waals surface area contributed by atoms with Gasteiger partial charge in [0.2, 0.25) is 5.91 Å². The Kier molecular flexibility index (Phi) is 4.49. The van der Waals surface area contributed by atoms with Crippen molar-refractivity contribution in [3.63, 3.8) is 0 Å². The average molecular weight is 308 g/mol. The topological polar surface area (TPSA) is 46.3 Å². The molecule has 2 N–H and O–H groups in total. The van der Waals surface area contributed by atoms with Crippen LogP contribution in [0.5, 0.6) is 0 Å². The predicted octanol–water partition coefficient (Wildman–Crippen LogP) is 2.80. The molecule has 0 spiro atoms. The van der Waals surface area contributed by atoms with Gasteiger partial charge in [-0.25, -0.2) is 0 Å². The zero-order valence-corrected chi connectivity index (χ0v) is 13.6. The summed E-state index contributed by atoms with van der Waals surface area (Å²) in [6, 6.07) is 20.0. The largest absolute Gasteiger partial charge is 0.369 e. The van der Waals surface area contributed by atoms with E-state index in [-0.39, 0.29) is 11.8 Å². The number of amides is 1. The number of benzene rings is 2. The Balaban J connectivity index is 2.18. The molecule has 1 aliphatic heterocycles. The first kappa shape index (κ1) is 15.8. The van der Waals surface area contributed by atoms with Crippen LogP contribution >= 0.6 is 0 Å². The second-order valence-corrected chi connectivity index (χ2v) is 6.28. The summed E-state index contributed by atoms with van der Waals surface area (Å²) in [4.78, 5) is 15.2. The molecular weight excluding hydrogens is 284 g/mol. The van der Waals surface area contributed by atoms with Crippen molar-refractivity contribution < 1.29 is 4.79 Å². The van der Waals surface area contributed by atoms with Crippen LogP contribution in [0, 0.1) is 5.92 Å². The molecule has 2 aromatic rings. The number of carbonyl (C=O) groups is 1. The van der Waals surface area contributed by atoms with Crippen molar-refractivity contribution in [1.29, 1.82) is 0 Å². The van der Waals surface area contributed by atoms with E-state index in [0.717, 1.165) is 37.2 Å². The molecule has 3 rings (SSSR count). The van der Waals surface area contributed by atoms with Crippen molar-refractivity contribution in [2.24, 2.45) is 11.7 Å². The summed E-state index contributed by atoms with van der Waals surface area (Å²) in [5.74, 6) is -0.0531. The average Bonchev–Trinajstić information content (AvgIpc) is 3.06.